The highest BCUT2D eigenvalue weighted by Gasteiger charge is 2.19. The molecule has 0 aromatic heterocycles. The third-order valence-electron chi connectivity index (χ3n) is 2.79. The molecule has 0 radical (unpaired) electrons. The summed E-state index contributed by atoms with van der Waals surface area (Å²) in [5.74, 6) is 0. The Kier molecular flexibility index (Phi) is 4.65. The van der Waals surface area contributed by atoms with E-state index in [1.807, 2.05) is 0 Å². The van der Waals surface area contributed by atoms with Crippen LogP contribution in [0.25, 0.3) is 0 Å². The standard InChI is InChI=1S/C12H25NS/c1-5-14(12(2,3)4)13-11-9-7-6-8-10-11/h5,11,13H,6-10H2,1-4H3. The second-order valence-electron chi connectivity index (χ2n) is 5.14. The molecule has 1 saturated carbocycles. The first-order valence-electron chi connectivity index (χ1n) is 5.83. The molecule has 0 saturated heterocycles. The summed E-state index contributed by atoms with van der Waals surface area (Å²) < 4.78 is 4.20. The largest absolute Gasteiger partial charge is 0.266 e. The minimum atomic E-state index is 0.279. The van der Waals surface area contributed by atoms with Gasteiger partial charge in [0.2, 0.25) is 0 Å². The van der Waals surface area contributed by atoms with Crippen LogP contribution in [0.4, 0.5) is 0 Å². The van der Waals surface area contributed by atoms with Gasteiger partial charge in [-0.1, -0.05) is 40.0 Å². The predicted molar refractivity (Wildman–Crippen MR) is 69.1 cm³/mol. The van der Waals surface area contributed by atoms with Gasteiger partial charge in [0.1, 0.15) is 0 Å². The third-order valence-corrected chi connectivity index (χ3v) is 5.17. The van der Waals surface area contributed by atoms with Crippen molar-refractivity contribution in [2.75, 3.05) is 0 Å². The normalized spacial score (nSPS) is 22.6. The van der Waals surface area contributed by atoms with E-state index >= 15 is 0 Å². The minimum absolute atomic E-state index is 0.279. The second-order valence-corrected chi connectivity index (χ2v) is 7.75. The lowest BCUT2D eigenvalue weighted by Crippen LogP contribution is -2.32. The molecule has 0 aromatic rings. The van der Waals surface area contributed by atoms with Gasteiger partial charge in [0, 0.05) is 10.8 Å². The second kappa shape index (κ2) is 5.32. The van der Waals surface area contributed by atoms with Crippen LogP contribution in [0, 0.1) is 0 Å². The van der Waals surface area contributed by atoms with E-state index in [-0.39, 0.29) is 10.7 Å². The molecule has 1 nitrogen and oxygen atoms in total. The number of hydrogen-bond donors (Lipinski definition) is 1. The predicted octanol–water partition coefficient (Wildman–Crippen LogP) is 3.71. The van der Waals surface area contributed by atoms with Gasteiger partial charge >= 0.3 is 0 Å². The molecule has 1 fully saturated rings. The molecule has 1 rings (SSSR count). The van der Waals surface area contributed by atoms with Gasteiger partial charge in [0.15, 0.2) is 0 Å². The highest BCUT2D eigenvalue weighted by Crippen LogP contribution is 2.30. The lowest BCUT2D eigenvalue weighted by Gasteiger charge is -2.31. The first-order valence-corrected chi connectivity index (χ1v) is 7.11. The molecule has 84 valence electrons. The van der Waals surface area contributed by atoms with Crippen molar-refractivity contribution in [2.45, 2.75) is 70.6 Å². The smallest absolute Gasteiger partial charge is 0.0167 e. The quantitative estimate of drug-likeness (QED) is 0.692. The maximum atomic E-state index is 3.82. The zero-order valence-corrected chi connectivity index (χ0v) is 10.9. The Morgan fingerprint density at radius 3 is 2.14 bits per heavy atom. The summed E-state index contributed by atoms with van der Waals surface area (Å²) in [6.45, 7) is 9.16. The molecular weight excluding hydrogens is 190 g/mol. The molecule has 1 N–H and O–H groups in total. The fourth-order valence-corrected chi connectivity index (χ4v) is 3.79. The molecule has 0 aromatic carbocycles. The van der Waals surface area contributed by atoms with E-state index < -0.39 is 0 Å². The lowest BCUT2D eigenvalue weighted by molar-refractivity contribution is 0.422. The molecule has 0 bridgehead atoms. The Hall–Kier alpha value is 0.180. The van der Waals surface area contributed by atoms with E-state index in [1.54, 1.807) is 0 Å². The van der Waals surface area contributed by atoms with Crippen molar-refractivity contribution in [3.63, 3.8) is 0 Å². The van der Waals surface area contributed by atoms with Crippen LogP contribution in [0.3, 0.4) is 0 Å². The van der Waals surface area contributed by atoms with E-state index in [0.717, 1.165) is 6.04 Å². The fraction of sp³-hybridized carbons (Fsp3) is 0.917. The molecule has 14 heavy (non-hydrogen) atoms. The zero-order valence-electron chi connectivity index (χ0n) is 10.1. The van der Waals surface area contributed by atoms with Gasteiger partial charge in [-0.05, 0) is 25.1 Å². The molecule has 1 unspecified atom stereocenters. The SMILES string of the molecule is C/C=S(/NC1CCCCC1)C(C)(C)C. The Balaban J connectivity index is 2.48. The summed E-state index contributed by atoms with van der Waals surface area (Å²) in [4.78, 5) is 0. The summed E-state index contributed by atoms with van der Waals surface area (Å²) in [6.07, 6.45) is 7.05. The molecule has 1 atom stereocenters. The van der Waals surface area contributed by atoms with E-state index in [4.69, 9.17) is 0 Å². The molecule has 0 heterocycles. The highest BCUT2D eigenvalue weighted by molar-refractivity contribution is 8.14. The molecule has 1 aliphatic rings. The summed E-state index contributed by atoms with van der Waals surface area (Å²) in [7, 11) is 0.279. The number of rotatable bonds is 2. The monoisotopic (exact) mass is 215 g/mol. The van der Waals surface area contributed by atoms with Crippen molar-refractivity contribution in [3.05, 3.63) is 0 Å². The molecule has 0 spiro atoms. The van der Waals surface area contributed by atoms with Crippen molar-refractivity contribution in [1.29, 1.82) is 0 Å². The zero-order chi connectivity index (χ0) is 10.6. The van der Waals surface area contributed by atoms with E-state index in [9.17, 15) is 0 Å². The van der Waals surface area contributed by atoms with E-state index in [2.05, 4.69) is 37.8 Å². The Labute approximate surface area is 91.7 Å². The van der Waals surface area contributed by atoms with Crippen molar-refractivity contribution < 1.29 is 0 Å². The van der Waals surface area contributed by atoms with Crippen LogP contribution in [0.5, 0.6) is 0 Å². The van der Waals surface area contributed by atoms with Crippen molar-refractivity contribution in [3.8, 4) is 0 Å². The molecular formula is C12H25NS. The summed E-state index contributed by atoms with van der Waals surface area (Å²) in [5, 5.41) is 2.34. The van der Waals surface area contributed by atoms with Gasteiger partial charge in [0.05, 0.1) is 0 Å². The van der Waals surface area contributed by atoms with Gasteiger partial charge in [-0.15, -0.1) is 10.7 Å². The highest BCUT2D eigenvalue weighted by atomic mass is 32.2. The van der Waals surface area contributed by atoms with Gasteiger partial charge < -0.3 is 0 Å². The number of nitrogens with one attached hydrogen (secondary N) is 1. The summed E-state index contributed by atoms with van der Waals surface area (Å²) in [5.41, 5.74) is 0. The lowest BCUT2D eigenvalue weighted by atomic mass is 9.96. The van der Waals surface area contributed by atoms with Crippen LogP contribution < -0.4 is 4.72 Å². The third kappa shape index (κ3) is 3.74. The molecule has 1 aliphatic carbocycles. The average Bonchev–Trinajstić information content (AvgIpc) is 2.14. The summed E-state index contributed by atoms with van der Waals surface area (Å²) >= 11 is 0. The Morgan fingerprint density at radius 1 is 1.14 bits per heavy atom. The fourth-order valence-electron chi connectivity index (χ4n) is 2.00. The van der Waals surface area contributed by atoms with Crippen molar-refractivity contribution >= 4 is 16.0 Å². The maximum absolute atomic E-state index is 3.82. The van der Waals surface area contributed by atoms with Crippen LogP contribution in [0.1, 0.15) is 59.8 Å². The average molecular weight is 215 g/mol. The van der Waals surface area contributed by atoms with Crippen LogP contribution >= 0.6 is 10.7 Å². The van der Waals surface area contributed by atoms with Crippen LogP contribution in [0.15, 0.2) is 0 Å². The van der Waals surface area contributed by atoms with Crippen molar-refractivity contribution in [1.82, 2.24) is 4.72 Å². The minimum Gasteiger partial charge on any atom is -0.266 e. The Bertz CT molecular complexity index is 197. The van der Waals surface area contributed by atoms with E-state index in [1.165, 1.54) is 32.1 Å². The molecule has 2 heteroatoms. The van der Waals surface area contributed by atoms with Gasteiger partial charge in [-0.2, -0.15) is 0 Å². The topological polar surface area (TPSA) is 12.0 Å². The van der Waals surface area contributed by atoms with Gasteiger partial charge in [-0.3, -0.25) is 4.72 Å². The molecule has 0 amide bonds. The number of hydrogen-bond acceptors (Lipinski definition) is 1. The Morgan fingerprint density at radius 2 is 1.71 bits per heavy atom. The van der Waals surface area contributed by atoms with E-state index in [0.29, 0.717) is 4.75 Å². The van der Waals surface area contributed by atoms with Crippen LogP contribution in [0.2, 0.25) is 0 Å². The first kappa shape index (κ1) is 12.3. The van der Waals surface area contributed by atoms with Crippen LogP contribution in [-0.2, 0) is 0 Å². The van der Waals surface area contributed by atoms with Crippen molar-refractivity contribution in [2.24, 2.45) is 0 Å². The van der Waals surface area contributed by atoms with Gasteiger partial charge in [0.25, 0.3) is 0 Å². The molecule has 0 aliphatic heterocycles. The van der Waals surface area contributed by atoms with Gasteiger partial charge in [-0.25, -0.2) is 0 Å². The van der Waals surface area contributed by atoms with Crippen LogP contribution in [-0.4, -0.2) is 16.2 Å². The maximum Gasteiger partial charge on any atom is 0.0167 e. The first-order chi connectivity index (χ1) is 6.54. The summed E-state index contributed by atoms with van der Waals surface area (Å²) in [6, 6.07) is 0.780.